The van der Waals surface area contributed by atoms with Crippen LogP contribution in [-0.4, -0.2) is 49.2 Å². The van der Waals surface area contributed by atoms with Crippen molar-refractivity contribution < 1.29 is 17.8 Å². The highest BCUT2D eigenvalue weighted by atomic mass is 32.2. The van der Waals surface area contributed by atoms with E-state index in [2.05, 4.69) is 0 Å². The molecule has 1 saturated heterocycles. The summed E-state index contributed by atoms with van der Waals surface area (Å²) in [6.45, 7) is 0.965. The van der Waals surface area contributed by atoms with Crippen LogP contribution in [0.3, 0.4) is 0 Å². The molecule has 14 heavy (non-hydrogen) atoms. The van der Waals surface area contributed by atoms with Gasteiger partial charge in [-0.05, 0) is 12.5 Å². The smallest absolute Gasteiger partial charge is 0.266 e. The van der Waals surface area contributed by atoms with Gasteiger partial charge in [-0.15, -0.1) is 0 Å². The highest BCUT2D eigenvalue weighted by Gasteiger charge is 2.28. The normalized spacial score (nSPS) is 23.1. The Morgan fingerprint density at radius 3 is 2.64 bits per heavy atom. The third-order valence-corrected chi connectivity index (χ3v) is 2.95. The Morgan fingerprint density at radius 2 is 2.21 bits per heavy atom. The predicted molar refractivity (Wildman–Crippen MR) is 50.2 cm³/mol. The second kappa shape index (κ2) is 4.24. The van der Waals surface area contributed by atoms with Gasteiger partial charge in [0.25, 0.3) is 10.1 Å². The van der Waals surface area contributed by atoms with Crippen LogP contribution in [0.4, 0.5) is 0 Å². The predicted octanol–water partition coefficient (Wildman–Crippen LogP) is -1.32. The van der Waals surface area contributed by atoms with Gasteiger partial charge in [-0.3, -0.25) is 9.35 Å². The molecule has 1 fully saturated rings. The van der Waals surface area contributed by atoms with Gasteiger partial charge in [0, 0.05) is 19.5 Å². The van der Waals surface area contributed by atoms with Gasteiger partial charge in [0.1, 0.15) is 0 Å². The summed E-state index contributed by atoms with van der Waals surface area (Å²) in [7, 11) is -3.98. The average molecular weight is 222 g/mol. The number of hydrogen-bond acceptors (Lipinski definition) is 4. The van der Waals surface area contributed by atoms with Gasteiger partial charge in [-0.25, -0.2) is 0 Å². The molecule has 1 aliphatic heterocycles. The third kappa shape index (κ3) is 3.24. The Bertz CT molecular complexity index is 314. The number of likely N-dealkylation sites (tertiary alicyclic amines) is 1. The van der Waals surface area contributed by atoms with E-state index in [0.29, 0.717) is 19.5 Å². The lowest BCUT2D eigenvalue weighted by atomic mass is 10.1. The summed E-state index contributed by atoms with van der Waals surface area (Å²) in [5.74, 6) is -0.385. The molecule has 82 valence electrons. The fourth-order valence-electron chi connectivity index (χ4n) is 1.45. The van der Waals surface area contributed by atoms with Gasteiger partial charge in [-0.2, -0.15) is 8.42 Å². The van der Waals surface area contributed by atoms with E-state index in [4.69, 9.17) is 10.3 Å². The number of hydrogen-bond donors (Lipinski definition) is 2. The van der Waals surface area contributed by atoms with Gasteiger partial charge in [0.2, 0.25) is 5.91 Å². The van der Waals surface area contributed by atoms with Crippen LogP contribution in [0.2, 0.25) is 0 Å². The molecular weight excluding hydrogens is 208 g/mol. The summed E-state index contributed by atoms with van der Waals surface area (Å²) in [6.07, 6.45) is 0.377. The molecule has 0 radical (unpaired) electrons. The quantitative estimate of drug-likeness (QED) is 0.575. The fourth-order valence-corrected chi connectivity index (χ4v) is 1.90. The number of carbonyl (C=O) groups is 1. The Balaban J connectivity index is 2.43. The van der Waals surface area contributed by atoms with Crippen molar-refractivity contribution in [3.63, 3.8) is 0 Å². The van der Waals surface area contributed by atoms with Crippen LogP contribution in [-0.2, 0) is 14.9 Å². The summed E-state index contributed by atoms with van der Waals surface area (Å²) in [4.78, 5) is 12.7. The van der Waals surface area contributed by atoms with Gasteiger partial charge >= 0.3 is 0 Å². The maximum absolute atomic E-state index is 11.3. The van der Waals surface area contributed by atoms with Crippen molar-refractivity contribution in [1.29, 1.82) is 0 Å². The monoisotopic (exact) mass is 222 g/mol. The van der Waals surface area contributed by atoms with Gasteiger partial charge in [0.15, 0.2) is 0 Å². The Morgan fingerprint density at radius 1 is 1.57 bits per heavy atom. The molecule has 0 bridgehead atoms. The van der Waals surface area contributed by atoms with Crippen molar-refractivity contribution in [1.82, 2.24) is 4.90 Å². The zero-order valence-corrected chi connectivity index (χ0v) is 8.53. The van der Waals surface area contributed by atoms with Crippen LogP contribution < -0.4 is 5.73 Å². The largest absolute Gasteiger partial charge is 0.341 e. The van der Waals surface area contributed by atoms with Crippen molar-refractivity contribution in [2.45, 2.75) is 6.42 Å². The standard InChI is InChI=1S/C7H14N2O4S/c8-4-6-3-7(10)9(5-6)1-2-14(11,12)13/h6H,1-5,8H2,(H,11,12,13). The fraction of sp³-hybridized carbons (Fsp3) is 0.857. The lowest BCUT2D eigenvalue weighted by Crippen LogP contribution is -2.31. The number of amides is 1. The zero-order valence-electron chi connectivity index (χ0n) is 7.72. The summed E-state index contributed by atoms with van der Waals surface area (Å²) in [5, 5.41) is 0. The molecule has 0 spiro atoms. The number of rotatable bonds is 4. The van der Waals surface area contributed by atoms with Crippen molar-refractivity contribution in [2.24, 2.45) is 11.7 Å². The first-order valence-corrected chi connectivity index (χ1v) is 5.96. The molecular formula is C7H14N2O4S. The van der Waals surface area contributed by atoms with E-state index in [9.17, 15) is 13.2 Å². The molecule has 1 amide bonds. The maximum atomic E-state index is 11.3. The van der Waals surface area contributed by atoms with E-state index in [-0.39, 0.29) is 18.4 Å². The van der Waals surface area contributed by atoms with E-state index in [1.807, 2.05) is 0 Å². The van der Waals surface area contributed by atoms with E-state index in [1.165, 1.54) is 4.90 Å². The second-order valence-corrected chi connectivity index (χ2v) is 5.00. The van der Waals surface area contributed by atoms with Crippen LogP contribution in [0.1, 0.15) is 6.42 Å². The SMILES string of the molecule is NCC1CC(=O)N(CCS(=O)(=O)O)C1. The van der Waals surface area contributed by atoms with Crippen LogP contribution in [0.5, 0.6) is 0 Å². The Kier molecular flexibility index (Phi) is 3.46. The van der Waals surface area contributed by atoms with Gasteiger partial charge < -0.3 is 10.6 Å². The lowest BCUT2D eigenvalue weighted by Gasteiger charge is -2.14. The maximum Gasteiger partial charge on any atom is 0.266 e. The molecule has 0 aromatic carbocycles. The molecule has 0 aliphatic carbocycles. The first kappa shape index (κ1) is 11.4. The number of nitrogens with two attached hydrogens (primary N) is 1. The molecule has 1 unspecified atom stereocenters. The highest BCUT2D eigenvalue weighted by molar-refractivity contribution is 7.85. The molecule has 6 nitrogen and oxygen atoms in total. The molecule has 0 saturated carbocycles. The van der Waals surface area contributed by atoms with E-state index in [1.54, 1.807) is 0 Å². The number of nitrogens with zero attached hydrogens (tertiary/aromatic N) is 1. The van der Waals surface area contributed by atoms with Gasteiger partial charge in [-0.1, -0.05) is 0 Å². The topological polar surface area (TPSA) is 101 Å². The Labute approximate surface area is 82.8 Å². The van der Waals surface area contributed by atoms with Crippen LogP contribution in [0.15, 0.2) is 0 Å². The molecule has 1 atom stereocenters. The van der Waals surface area contributed by atoms with E-state index in [0.717, 1.165) is 0 Å². The summed E-state index contributed by atoms with van der Waals surface area (Å²) >= 11 is 0. The molecule has 0 aromatic rings. The van der Waals surface area contributed by atoms with Crippen molar-refractivity contribution in [3.8, 4) is 0 Å². The zero-order chi connectivity index (χ0) is 10.8. The summed E-state index contributed by atoms with van der Waals surface area (Å²) in [5.41, 5.74) is 5.39. The van der Waals surface area contributed by atoms with E-state index < -0.39 is 15.9 Å². The minimum atomic E-state index is -3.98. The van der Waals surface area contributed by atoms with Crippen molar-refractivity contribution in [3.05, 3.63) is 0 Å². The highest BCUT2D eigenvalue weighted by Crippen LogP contribution is 2.15. The summed E-state index contributed by atoms with van der Waals surface area (Å²) < 4.78 is 29.4. The van der Waals surface area contributed by atoms with Crippen molar-refractivity contribution in [2.75, 3.05) is 25.4 Å². The second-order valence-electron chi connectivity index (χ2n) is 3.43. The van der Waals surface area contributed by atoms with Crippen LogP contribution >= 0.6 is 0 Å². The molecule has 7 heteroatoms. The molecule has 1 rings (SSSR count). The van der Waals surface area contributed by atoms with Gasteiger partial charge in [0.05, 0.1) is 5.75 Å². The molecule has 0 aromatic heterocycles. The molecule has 1 aliphatic rings. The molecule has 3 N–H and O–H groups in total. The Hall–Kier alpha value is -0.660. The minimum absolute atomic E-state index is 0.0498. The summed E-state index contributed by atoms with van der Waals surface area (Å²) in [6, 6.07) is 0. The third-order valence-electron chi connectivity index (χ3n) is 2.25. The first-order chi connectivity index (χ1) is 6.42. The molecule has 1 heterocycles. The van der Waals surface area contributed by atoms with Crippen LogP contribution in [0, 0.1) is 5.92 Å². The van der Waals surface area contributed by atoms with Crippen molar-refractivity contribution >= 4 is 16.0 Å². The first-order valence-electron chi connectivity index (χ1n) is 4.35. The van der Waals surface area contributed by atoms with Crippen LogP contribution in [0.25, 0.3) is 0 Å². The lowest BCUT2D eigenvalue weighted by molar-refractivity contribution is -0.127. The van der Waals surface area contributed by atoms with E-state index >= 15 is 0 Å². The number of carbonyl (C=O) groups excluding carboxylic acids is 1. The minimum Gasteiger partial charge on any atom is -0.341 e. The average Bonchev–Trinajstić information content (AvgIpc) is 2.42.